The van der Waals surface area contributed by atoms with Crippen LogP contribution in [0.5, 0.6) is 0 Å². The molecule has 1 heterocycles. The van der Waals surface area contributed by atoms with Gasteiger partial charge in [-0.15, -0.1) is 0 Å². The van der Waals surface area contributed by atoms with Crippen LogP contribution >= 0.6 is 11.6 Å². The summed E-state index contributed by atoms with van der Waals surface area (Å²) in [5.41, 5.74) is 2.31. The van der Waals surface area contributed by atoms with Gasteiger partial charge in [-0.1, -0.05) is 80.8 Å². The number of carbonyl (C=O) groups is 2. The third-order valence-electron chi connectivity index (χ3n) is 7.51. The summed E-state index contributed by atoms with van der Waals surface area (Å²) < 4.78 is 0. The first-order valence-corrected chi connectivity index (χ1v) is 12.8. The maximum absolute atomic E-state index is 13.6. The van der Waals surface area contributed by atoms with Crippen molar-refractivity contribution in [2.75, 3.05) is 13.1 Å². The molecule has 2 aromatic rings. The standard InChI is InChI=1S/C28H36ClN3O2/c1-28(2)19-32(17-16-24(28)21-12-14-22(29)15-13-21)26(33)23-10-6-7-11-25(23)31-27(34)30-18-20-8-4-3-5-9-20/h3-5,8-9,12-15,23-25H,6-7,10-11,16-19H2,1-2H3,(H2,30,31,34)/t23-,24+,25+/m0/s1. The van der Waals surface area contributed by atoms with E-state index < -0.39 is 0 Å². The number of nitrogens with one attached hydrogen (secondary N) is 2. The molecule has 4 rings (SSSR count). The minimum Gasteiger partial charge on any atom is -0.342 e. The Bertz CT molecular complexity index is 977. The van der Waals surface area contributed by atoms with Gasteiger partial charge in [-0.3, -0.25) is 4.79 Å². The van der Waals surface area contributed by atoms with Gasteiger partial charge in [0.1, 0.15) is 0 Å². The number of hydrogen-bond donors (Lipinski definition) is 2. The second kappa shape index (κ2) is 10.8. The van der Waals surface area contributed by atoms with Gasteiger partial charge in [0.05, 0.1) is 5.92 Å². The van der Waals surface area contributed by atoms with E-state index in [0.29, 0.717) is 12.5 Å². The van der Waals surface area contributed by atoms with E-state index in [1.807, 2.05) is 47.4 Å². The number of likely N-dealkylation sites (tertiary alicyclic amines) is 1. The van der Waals surface area contributed by atoms with E-state index in [2.05, 4.69) is 36.6 Å². The van der Waals surface area contributed by atoms with Crippen LogP contribution in [0.1, 0.15) is 63.0 Å². The lowest BCUT2D eigenvalue weighted by atomic mass is 9.70. The van der Waals surface area contributed by atoms with E-state index in [1.165, 1.54) is 5.56 Å². The summed E-state index contributed by atoms with van der Waals surface area (Å²) in [7, 11) is 0. The van der Waals surface area contributed by atoms with Crippen molar-refractivity contribution in [1.29, 1.82) is 0 Å². The molecule has 6 heteroatoms. The van der Waals surface area contributed by atoms with Gasteiger partial charge in [0.15, 0.2) is 0 Å². The molecule has 2 fully saturated rings. The van der Waals surface area contributed by atoms with E-state index in [0.717, 1.165) is 55.8 Å². The first-order valence-electron chi connectivity index (χ1n) is 12.5. The van der Waals surface area contributed by atoms with Crippen LogP contribution < -0.4 is 10.6 Å². The summed E-state index contributed by atoms with van der Waals surface area (Å²) in [6.07, 6.45) is 4.69. The Balaban J connectivity index is 1.36. The summed E-state index contributed by atoms with van der Waals surface area (Å²) in [5, 5.41) is 6.80. The first-order chi connectivity index (χ1) is 16.3. The Labute approximate surface area is 208 Å². The van der Waals surface area contributed by atoms with Gasteiger partial charge < -0.3 is 15.5 Å². The van der Waals surface area contributed by atoms with Crippen LogP contribution in [-0.4, -0.2) is 36.0 Å². The highest BCUT2D eigenvalue weighted by Crippen LogP contribution is 2.43. The molecule has 0 aromatic heterocycles. The van der Waals surface area contributed by atoms with Gasteiger partial charge >= 0.3 is 6.03 Å². The topological polar surface area (TPSA) is 61.4 Å². The van der Waals surface area contributed by atoms with E-state index in [-0.39, 0.29) is 29.3 Å². The zero-order chi connectivity index (χ0) is 24.1. The Morgan fingerprint density at radius 1 is 1.00 bits per heavy atom. The average molecular weight is 482 g/mol. The lowest BCUT2D eigenvalue weighted by Crippen LogP contribution is -2.55. The van der Waals surface area contributed by atoms with Crippen LogP contribution in [0, 0.1) is 11.3 Å². The molecule has 3 amide bonds. The predicted octanol–water partition coefficient (Wildman–Crippen LogP) is 5.74. The van der Waals surface area contributed by atoms with Crippen molar-refractivity contribution in [2.45, 2.75) is 64.5 Å². The van der Waals surface area contributed by atoms with Gasteiger partial charge in [-0.2, -0.15) is 0 Å². The summed E-state index contributed by atoms with van der Waals surface area (Å²) in [6.45, 7) is 6.45. The molecule has 0 unspecified atom stereocenters. The molecule has 1 aliphatic carbocycles. The number of piperidine rings is 1. The Morgan fingerprint density at radius 3 is 2.41 bits per heavy atom. The highest BCUT2D eigenvalue weighted by Gasteiger charge is 2.41. The predicted molar refractivity (Wildman–Crippen MR) is 137 cm³/mol. The lowest BCUT2D eigenvalue weighted by Gasteiger charge is -2.46. The number of carbonyl (C=O) groups excluding carboxylic acids is 2. The highest BCUT2D eigenvalue weighted by molar-refractivity contribution is 6.30. The van der Waals surface area contributed by atoms with Gasteiger partial charge in [0.25, 0.3) is 0 Å². The summed E-state index contributed by atoms with van der Waals surface area (Å²) in [6, 6.07) is 17.7. The number of hydrogen-bond acceptors (Lipinski definition) is 2. The molecule has 3 atom stereocenters. The fourth-order valence-electron chi connectivity index (χ4n) is 5.69. The zero-order valence-corrected chi connectivity index (χ0v) is 21.0. The quantitative estimate of drug-likeness (QED) is 0.572. The SMILES string of the molecule is CC1(C)CN(C(=O)[C@H]2CCCC[C@H]2NC(=O)NCc2ccccc2)CC[C@@H]1c1ccc(Cl)cc1. The minimum absolute atomic E-state index is 0.0353. The number of urea groups is 1. The third kappa shape index (κ3) is 5.93. The van der Waals surface area contributed by atoms with Crippen molar-refractivity contribution in [1.82, 2.24) is 15.5 Å². The van der Waals surface area contributed by atoms with E-state index in [1.54, 1.807) is 0 Å². The molecule has 34 heavy (non-hydrogen) atoms. The van der Waals surface area contributed by atoms with Crippen molar-refractivity contribution < 1.29 is 9.59 Å². The molecular formula is C28H36ClN3O2. The summed E-state index contributed by atoms with van der Waals surface area (Å²) >= 11 is 6.09. The molecule has 5 nitrogen and oxygen atoms in total. The Hall–Kier alpha value is -2.53. The van der Waals surface area contributed by atoms with Crippen molar-refractivity contribution in [3.05, 3.63) is 70.7 Å². The molecule has 1 saturated carbocycles. The molecule has 0 radical (unpaired) electrons. The number of nitrogens with zero attached hydrogens (tertiary/aromatic N) is 1. The fourth-order valence-corrected chi connectivity index (χ4v) is 5.82. The molecule has 1 saturated heterocycles. The monoisotopic (exact) mass is 481 g/mol. The van der Waals surface area contributed by atoms with Crippen molar-refractivity contribution in [3.8, 4) is 0 Å². The first kappa shape index (κ1) is 24.6. The molecule has 0 bridgehead atoms. The summed E-state index contributed by atoms with van der Waals surface area (Å²) in [4.78, 5) is 28.3. The molecule has 182 valence electrons. The highest BCUT2D eigenvalue weighted by atomic mass is 35.5. The van der Waals surface area contributed by atoms with Crippen LogP contribution in [0.3, 0.4) is 0 Å². The lowest BCUT2D eigenvalue weighted by molar-refractivity contribution is -0.141. The van der Waals surface area contributed by atoms with Crippen molar-refractivity contribution in [2.24, 2.45) is 11.3 Å². The molecule has 2 aliphatic rings. The number of benzene rings is 2. The average Bonchev–Trinajstić information content (AvgIpc) is 2.83. The number of amides is 3. The minimum atomic E-state index is -0.199. The van der Waals surface area contributed by atoms with Crippen LogP contribution in [0.2, 0.25) is 5.02 Å². The Morgan fingerprint density at radius 2 is 1.71 bits per heavy atom. The number of rotatable bonds is 5. The zero-order valence-electron chi connectivity index (χ0n) is 20.2. The van der Waals surface area contributed by atoms with Gasteiger partial charge in [0.2, 0.25) is 5.91 Å². The van der Waals surface area contributed by atoms with Crippen molar-refractivity contribution >= 4 is 23.5 Å². The van der Waals surface area contributed by atoms with Crippen LogP contribution in [0.4, 0.5) is 4.79 Å². The second-order valence-corrected chi connectivity index (χ2v) is 10.9. The van der Waals surface area contributed by atoms with E-state index in [9.17, 15) is 9.59 Å². The molecule has 2 N–H and O–H groups in total. The van der Waals surface area contributed by atoms with Gasteiger partial charge in [-0.05, 0) is 53.9 Å². The van der Waals surface area contributed by atoms with Crippen LogP contribution in [-0.2, 0) is 11.3 Å². The molecule has 0 spiro atoms. The third-order valence-corrected chi connectivity index (χ3v) is 7.76. The molecular weight excluding hydrogens is 446 g/mol. The molecule has 1 aliphatic heterocycles. The second-order valence-electron chi connectivity index (χ2n) is 10.5. The van der Waals surface area contributed by atoms with Crippen molar-refractivity contribution in [3.63, 3.8) is 0 Å². The summed E-state index contributed by atoms with van der Waals surface area (Å²) in [5.74, 6) is 0.424. The fraction of sp³-hybridized carbons (Fsp3) is 0.500. The van der Waals surface area contributed by atoms with E-state index >= 15 is 0 Å². The van der Waals surface area contributed by atoms with Crippen LogP contribution in [0.15, 0.2) is 54.6 Å². The Kier molecular flexibility index (Phi) is 7.82. The maximum atomic E-state index is 13.6. The largest absolute Gasteiger partial charge is 0.342 e. The van der Waals surface area contributed by atoms with E-state index in [4.69, 9.17) is 11.6 Å². The van der Waals surface area contributed by atoms with Gasteiger partial charge in [-0.25, -0.2) is 4.79 Å². The normalized spacial score (nSPS) is 24.3. The maximum Gasteiger partial charge on any atom is 0.315 e. The smallest absolute Gasteiger partial charge is 0.315 e. The molecule has 2 aromatic carbocycles. The van der Waals surface area contributed by atoms with Crippen LogP contribution in [0.25, 0.3) is 0 Å². The number of halogens is 1. The van der Waals surface area contributed by atoms with Gasteiger partial charge in [0, 0.05) is 30.7 Å².